The predicted molar refractivity (Wildman–Crippen MR) is 112 cm³/mol. The monoisotopic (exact) mass is 418 g/mol. The molecule has 160 valence electrons. The molecule has 0 spiro atoms. The van der Waals surface area contributed by atoms with Gasteiger partial charge in [0.2, 0.25) is 0 Å². The van der Waals surface area contributed by atoms with Crippen LogP contribution in [0.4, 0.5) is 0 Å². The van der Waals surface area contributed by atoms with Crippen LogP contribution in [0.3, 0.4) is 0 Å². The largest absolute Gasteiger partial charge is 0.346 e. The summed E-state index contributed by atoms with van der Waals surface area (Å²) < 4.78 is 23.9. The van der Waals surface area contributed by atoms with Crippen molar-refractivity contribution in [2.24, 2.45) is 28.6 Å². The lowest BCUT2D eigenvalue weighted by molar-refractivity contribution is -0.131. The first kappa shape index (κ1) is 19.2. The van der Waals surface area contributed by atoms with Crippen LogP contribution in [-0.4, -0.2) is 47.4 Å². The van der Waals surface area contributed by atoms with Gasteiger partial charge in [0, 0.05) is 38.0 Å². The number of nitrogens with zero attached hydrogens (tertiary/aromatic N) is 2. The molecule has 6 atom stereocenters. The predicted octanol–water partition coefficient (Wildman–Crippen LogP) is 4.64. The molecule has 0 amide bonds. The molecule has 3 saturated carbocycles. The molecule has 4 aliphatic carbocycles. The molecule has 29 heavy (non-hydrogen) atoms. The van der Waals surface area contributed by atoms with Gasteiger partial charge in [0.1, 0.15) is 5.78 Å². The Balaban J connectivity index is 1.22. The first-order chi connectivity index (χ1) is 13.8. The highest BCUT2D eigenvalue weighted by Gasteiger charge is 2.59. The van der Waals surface area contributed by atoms with Crippen molar-refractivity contribution in [3.05, 3.63) is 11.6 Å². The lowest BCUT2D eigenvalue weighted by Gasteiger charge is -2.57. The summed E-state index contributed by atoms with van der Waals surface area (Å²) in [6.07, 6.45) is 11.0. The van der Waals surface area contributed by atoms with Crippen LogP contribution in [-0.2, 0) is 13.9 Å². The second kappa shape index (κ2) is 6.28. The highest BCUT2D eigenvalue weighted by atomic mass is 31.2. The van der Waals surface area contributed by atoms with Crippen molar-refractivity contribution in [1.29, 1.82) is 0 Å². The Morgan fingerprint density at radius 2 is 1.66 bits per heavy atom. The maximum atomic E-state index is 13.4. The fourth-order valence-electron chi connectivity index (χ4n) is 7.59. The minimum absolute atomic E-state index is 0.0484. The smallest absolute Gasteiger partial charge is 0.302 e. The molecule has 0 bridgehead atoms. The number of hydrogen-bond donors (Lipinski definition) is 0. The minimum Gasteiger partial charge on any atom is -0.302 e. The summed E-state index contributed by atoms with van der Waals surface area (Å²) in [5.74, 6) is 2.49. The van der Waals surface area contributed by atoms with Crippen molar-refractivity contribution < 1.29 is 13.9 Å². The van der Waals surface area contributed by atoms with Crippen LogP contribution in [0.2, 0.25) is 0 Å². The molecule has 2 saturated heterocycles. The van der Waals surface area contributed by atoms with Gasteiger partial charge < -0.3 is 4.52 Å². The van der Waals surface area contributed by atoms with Gasteiger partial charge in [0.25, 0.3) is 0 Å². The summed E-state index contributed by atoms with van der Waals surface area (Å²) in [5.41, 5.74) is 1.76. The molecule has 6 rings (SSSR count). The first-order valence-corrected chi connectivity index (χ1v) is 13.4. The van der Waals surface area contributed by atoms with Crippen LogP contribution in [0.15, 0.2) is 11.6 Å². The molecule has 0 N–H and O–H groups in total. The van der Waals surface area contributed by atoms with Crippen molar-refractivity contribution in [3.63, 3.8) is 0 Å². The third kappa shape index (κ3) is 2.76. The van der Waals surface area contributed by atoms with E-state index < -0.39 is 7.67 Å². The lowest BCUT2D eigenvalue weighted by atomic mass is 9.48. The average molecular weight is 419 g/mol. The van der Waals surface area contributed by atoms with Gasteiger partial charge in [-0.25, -0.2) is 9.34 Å². The van der Waals surface area contributed by atoms with Gasteiger partial charge in [-0.1, -0.05) is 25.5 Å². The van der Waals surface area contributed by atoms with E-state index in [1.807, 2.05) is 9.34 Å². The van der Waals surface area contributed by atoms with Crippen molar-refractivity contribution in [2.75, 3.05) is 26.2 Å². The third-order valence-corrected chi connectivity index (χ3v) is 12.4. The molecule has 5 nitrogen and oxygen atoms in total. The zero-order valence-corrected chi connectivity index (χ0v) is 18.8. The van der Waals surface area contributed by atoms with E-state index in [2.05, 4.69) is 19.9 Å². The van der Waals surface area contributed by atoms with Crippen molar-refractivity contribution in [3.8, 4) is 0 Å². The van der Waals surface area contributed by atoms with Gasteiger partial charge in [-0.2, -0.15) is 0 Å². The summed E-state index contributed by atoms with van der Waals surface area (Å²) in [6, 6.07) is 0. The number of allylic oxidation sites excluding steroid dienone is 1. The standard InChI is InChI=1S/C23H35N2O3P/c1-22-9-7-17(28-29(27,24-11-12-24)25-13-14-25)15-16(22)3-4-18-19-5-6-21(26)23(19,2)10-8-20(18)22/h3,17-20H,4-15H2,1-2H3/t17-,18-,19-,20-,22+,23+/m1/s1. The highest BCUT2D eigenvalue weighted by Crippen LogP contribution is 2.66. The summed E-state index contributed by atoms with van der Waals surface area (Å²) in [4.78, 5) is 12.6. The van der Waals surface area contributed by atoms with Gasteiger partial charge in [-0.15, -0.1) is 0 Å². The Kier molecular flexibility index (Phi) is 4.16. The number of fused-ring (bicyclic) bond motifs is 5. The summed E-state index contributed by atoms with van der Waals surface area (Å²) in [7, 11) is -2.74. The van der Waals surface area contributed by atoms with Crippen LogP contribution in [0, 0.1) is 28.6 Å². The SMILES string of the molecule is C[C@]12CC[C@@H](OP(=O)(N3CC3)N3CC3)CC1=CC[C@H]1[C@H]2CC[C@]2(C)C(=O)CC[C@H]12. The Morgan fingerprint density at radius 1 is 1.00 bits per heavy atom. The van der Waals surface area contributed by atoms with Gasteiger partial charge in [0.15, 0.2) is 0 Å². The molecule has 6 heteroatoms. The average Bonchev–Trinajstić information content (AvgIpc) is 3.59. The molecule has 2 aliphatic heterocycles. The fraction of sp³-hybridized carbons (Fsp3) is 0.870. The number of Topliss-reactive ketones (excluding diaryl/α,β-unsaturated/α-hetero) is 1. The van der Waals surface area contributed by atoms with E-state index in [0.717, 1.165) is 71.1 Å². The van der Waals surface area contributed by atoms with E-state index >= 15 is 0 Å². The molecule has 0 aromatic heterocycles. The molecule has 2 heterocycles. The van der Waals surface area contributed by atoms with Crippen molar-refractivity contribution >= 4 is 13.5 Å². The Hall–Kier alpha value is -0.480. The fourth-order valence-corrected chi connectivity index (χ4v) is 9.97. The van der Waals surface area contributed by atoms with Crippen LogP contribution in [0.1, 0.15) is 65.2 Å². The normalized spacial score (nSPS) is 47.2. The Labute approximate surface area is 174 Å². The van der Waals surface area contributed by atoms with Gasteiger partial charge >= 0.3 is 7.67 Å². The molecular weight excluding hydrogens is 383 g/mol. The van der Waals surface area contributed by atoms with Crippen LogP contribution < -0.4 is 0 Å². The topological polar surface area (TPSA) is 49.4 Å². The Morgan fingerprint density at radius 3 is 2.34 bits per heavy atom. The van der Waals surface area contributed by atoms with Crippen LogP contribution in [0.5, 0.6) is 0 Å². The van der Waals surface area contributed by atoms with E-state index in [9.17, 15) is 9.36 Å². The number of carbonyl (C=O) groups is 1. The number of hydrogen-bond acceptors (Lipinski definition) is 3. The number of ketones is 1. The molecule has 0 unspecified atom stereocenters. The molecule has 6 aliphatic rings. The van der Waals surface area contributed by atoms with Gasteiger partial charge in [-0.3, -0.25) is 9.36 Å². The molecular formula is C23H35N2O3P. The highest BCUT2D eigenvalue weighted by molar-refractivity contribution is 7.54. The number of rotatable bonds is 4. The van der Waals surface area contributed by atoms with E-state index in [1.54, 1.807) is 5.57 Å². The summed E-state index contributed by atoms with van der Waals surface area (Å²) in [5, 5.41) is 0. The second-order valence-electron chi connectivity index (χ2n) is 11.0. The van der Waals surface area contributed by atoms with Crippen molar-refractivity contribution in [1.82, 2.24) is 9.34 Å². The molecule has 0 aromatic carbocycles. The zero-order valence-electron chi connectivity index (χ0n) is 17.9. The maximum Gasteiger partial charge on any atom is 0.346 e. The Bertz CT molecular complexity index is 803. The lowest BCUT2D eigenvalue weighted by Crippen LogP contribution is -2.50. The molecule has 0 aromatic rings. The van der Waals surface area contributed by atoms with E-state index in [4.69, 9.17) is 4.52 Å². The van der Waals surface area contributed by atoms with E-state index in [1.165, 1.54) is 6.42 Å². The summed E-state index contributed by atoms with van der Waals surface area (Å²) >= 11 is 0. The minimum atomic E-state index is -2.74. The summed E-state index contributed by atoms with van der Waals surface area (Å²) in [6.45, 7) is 8.42. The first-order valence-electron chi connectivity index (χ1n) is 11.9. The quantitative estimate of drug-likeness (QED) is 0.378. The molecule has 0 radical (unpaired) electrons. The number of carbonyl (C=O) groups excluding carboxylic acids is 1. The van der Waals surface area contributed by atoms with Crippen LogP contribution in [0.25, 0.3) is 0 Å². The maximum absolute atomic E-state index is 13.4. The van der Waals surface area contributed by atoms with Crippen molar-refractivity contribution in [2.45, 2.75) is 71.3 Å². The zero-order chi connectivity index (χ0) is 20.0. The third-order valence-electron chi connectivity index (χ3n) is 9.62. The van der Waals surface area contributed by atoms with E-state index in [-0.39, 0.29) is 16.9 Å². The van der Waals surface area contributed by atoms with E-state index in [0.29, 0.717) is 23.5 Å². The van der Waals surface area contributed by atoms with Gasteiger partial charge in [-0.05, 0) is 68.1 Å². The molecule has 5 fully saturated rings. The second-order valence-corrected chi connectivity index (χ2v) is 13.4. The van der Waals surface area contributed by atoms with Crippen LogP contribution >= 0.6 is 7.67 Å². The van der Waals surface area contributed by atoms with Gasteiger partial charge in [0.05, 0.1) is 6.10 Å².